The van der Waals surface area contributed by atoms with Crippen molar-refractivity contribution in [1.82, 2.24) is 20.1 Å². The number of nitrogens with one attached hydrogen (secondary N) is 1. The molecule has 3 amide bonds. The zero-order valence-corrected chi connectivity index (χ0v) is 13.8. The Morgan fingerprint density at radius 1 is 1.38 bits per heavy atom. The first kappa shape index (κ1) is 16.0. The maximum Gasteiger partial charge on any atom is 0.319 e. The quantitative estimate of drug-likeness (QED) is 0.929. The Kier molecular flexibility index (Phi) is 4.50. The van der Waals surface area contributed by atoms with Gasteiger partial charge in [0.25, 0.3) is 5.91 Å². The number of rotatable bonds is 3. The Labute approximate surface area is 140 Å². The van der Waals surface area contributed by atoms with Gasteiger partial charge in [-0.1, -0.05) is 0 Å². The summed E-state index contributed by atoms with van der Waals surface area (Å²) in [4.78, 5) is 32.0. The lowest BCUT2D eigenvalue weighted by molar-refractivity contribution is 0.0946. The first-order valence-electron chi connectivity index (χ1n) is 7.79. The van der Waals surface area contributed by atoms with Crippen LogP contribution >= 0.6 is 0 Å². The predicted molar refractivity (Wildman–Crippen MR) is 87.3 cm³/mol. The number of furan rings is 1. The minimum atomic E-state index is -0.178. The van der Waals surface area contributed by atoms with Crippen molar-refractivity contribution in [3.63, 3.8) is 0 Å². The maximum absolute atomic E-state index is 12.5. The van der Waals surface area contributed by atoms with Gasteiger partial charge in [0.1, 0.15) is 5.76 Å². The zero-order valence-electron chi connectivity index (χ0n) is 13.8. The number of carbonyl (C=O) groups excluding carboxylic acids is 2. The highest BCUT2D eigenvalue weighted by Crippen LogP contribution is 2.22. The Bertz CT molecular complexity index is 740. The molecule has 24 heavy (non-hydrogen) atoms. The standard InChI is InChI=1S/C17H20N4O3/c1-20(2)17(23)21-6-5-14-12(11-21)8-18-10-15(14)16(22)19-9-13-4-3-7-24-13/h3-4,7-8,10H,5-6,9,11H2,1-2H3,(H,19,22). The van der Waals surface area contributed by atoms with Crippen LogP contribution in [0.15, 0.2) is 35.2 Å². The molecule has 0 radical (unpaired) electrons. The second-order valence-electron chi connectivity index (χ2n) is 5.94. The van der Waals surface area contributed by atoms with Gasteiger partial charge < -0.3 is 19.5 Å². The van der Waals surface area contributed by atoms with Crippen molar-refractivity contribution in [1.29, 1.82) is 0 Å². The molecule has 0 atom stereocenters. The number of hydrogen-bond acceptors (Lipinski definition) is 4. The predicted octanol–water partition coefficient (Wildman–Crippen LogP) is 1.64. The number of pyridine rings is 1. The lowest BCUT2D eigenvalue weighted by atomic mass is 9.97. The molecule has 0 spiro atoms. The summed E-state index contributed by atoms with van der Waals surface area (Å²) in [7, 11) is 3.46. The summed E-state index contributed by atoms with van der Waals surface area (Å²) >= 11 is 0. The molecule has 0 saturated carbocycles. The number of hydrogen-bond donors (Lipinski definition) is 1. The molecule has 126 valence electrons. The minimum Gasteiger partial charge on any atom is -0.467 e. The van der Waals surface area contributed by atoms with Crippen LogP contribution in [0, 0.1) is 0 Å². The van der Waals surface area contributed by atoms with Gasteiger partial charge in [-0.15, -0.1) is 0 Å². The van der Waals surface area contributed by atoms with E-state index in [9.17, 15) is 9.59 Å². The fraction of sp³-hybridized carbons (Fsp3) is 0.353. The van der Waals surface area contributed by atoms with Crippen LogP contribution in [-0.4, -0.2) is 47.4 Å². The van der Waals surface area contributed by atoms with Crippen molar-refractivity contribution >= 4 is 11.9 Å². The summed E-state index contributed by atoms with van der Waals surface area (Å²) in [5.74, 6) is 0.520. The van der Waals surface area contributed by atoms with Crippen LogP contribution in [0.4, 0.5) is 4.79 Å². The third-order valence-electron chi connectivity index (χ3n) is 4.04. The van der Waals surface area contributed by atoms with Crippen LogP contribution < -0.4 is 5.32 Å². The van der Waals surface area contributed by atoms with Crippen molar-refractivity contribution < 1.29 is 14.0 Å². The van der Waals surface area contributed by atoms with E-state index in [0.29, 0.717) is 37.4 Å². The summed E-state index contributed by atoms with van der Waals surface area (Å²) in [6, 6.07) is 3.56. The molecule has 0 aromatic carbocycles. The Balaban J connectivity index is 1.74. The highest BCUT2D eigenvalue weighted by molar-refractivity contribution is 5.95. The van der Waals surface area contributed by atoms with Gasteiger partial charge >= 0.3 is 6.03 Å². The smallest absolute Gasteiger partial charge is 0.319 e. The van der Waals surface area contributed by atoms with Gasteiger partial charge in [-0.25, -0.2) is 4.79 Å². The van der Waals surface area contributed by atoms with Crippen molar-refractivity contribution in [3.05, 3.63) is 53.2 Å². The first-order chi connectivity index (χ1) is 11.6. The number of fused-ring (bicyclic) bond motifs is 1. The molecule has 0 aliphatic carbocycles. The van der Waals surface area contributed by atoms with E-state index in [1.165, 1.54) is 0 Å². The second-order valence-corrected chi connectivity index (χ2v) is 5.94. The highest BCUT2D eigenvalue weighted by Gasteiger charge is 2.25. The van der Waals surface area contributed by atoms with E-state index >= 15 is 0 Å². The fourth-order valence-corrected chi connectivity index (χ4v) is 2.81. The van der Waals surface area contributed by atoms with Gasteiger partial charge in [0, 0.05) is 39.6 Å². The van der Waals surface area contributed by atoms with E-state index < -0.39 is 0 Å². The van der Waals surface area contributed by atoms with Crippen LogP contribution in [0.1, 0.15) is 27.2 Å². The summed E-state index contributed by atoms with van der Waals surface area (Å²) in [6.07, 6.45) is 5.53. The van der Waals surface area contributed by atoms with Gasteiger partial charge in [0.15, 0.2) is 0 Å². The van der Waals surface area contributed by atoms with E-state index in [0.717, 1.165) is 11.1 Å². The van der Waals surface area contributed by atoms with Crippen LogP contribution in [-0.2, 0) is 19.5 Å². The molecular formula is C17H20N4O3. The summed E-state index contributed by atoms with van der Waals surface area (Å²) in [5.41, 5.74) is 2.45. The van der Waals surface area contributed by atoms with Crippen molar-refractivity contribution in [2.24, 2.45) is 0 Å². The van der Waals surface area contributed by atoms with E-state index in [-0.39, 0.29) is 11.9 Å². The monoisotopic (exact) mass is 328 g/mol. The van der Waals surface area contributed by atoms with Crippen molar-refractivity contribution in [2.75, 3.05) is 20.6 Å². The zero-order chi connectivity index (χ0) is 17.1. The minimum absolute atomic E-state index is 0.0340. The van der Waals surface area contributed by atoms with Gasteiger partial charge in [0.05, 0.1) is 18.4 Å². The van der Waals surface area contributed by atoms with Crippen LogP contribution in [0.25, 0.3) is 0 Å². The Morgan fingerprint density at radius 3 is 2.92 bits per heavy atom. The number of aromatic nitrogens is 1. The Morgan fingerprint density at radius 2 is 2.21 bits per heavy atom. The molecule has 7 nitrogen and oxygen atoms in total. The number of nitrogens with zero attached hydrogens (tertiary/aromatic N) is 3. The topological polar surface area (TPSA) is 78.7 Å². The van der Waals surface area contributed by atoms with Gasteiger partial charge in [0.2, 0.25) is 0 Å². The summed E-state index contributed by atoms with van der Waals surface area (Å²) < 4.78 is 5.22. The average Bonchev–Trinajstić information content (AvgIpc) is 3.11. The molecular weight excluding hydrogens is 308 g/mol. The van der Waals surface area contributed by atoms with E-state index in [4.69, 9.17) is 4.42 Å². The van der Waals surface area contributed by atoms with E-state index in [1.807, 2.05) is 6.07 Å². The van der Waals surface area contributed by atoms with Gasteiger partial charge in [-0.2, -0.15) is 0 Å². The largest absolute Gasteiger partial charge is 0.467 e. The fourth-order valence-electron chi connectivity index (χ4n) is 2.81. The summed E-state index contributed by atoms with van der Waals surface area (Å²) in [5, 5.41) is 2.84. The molecule has 0 fully saturated rings. The first-order valence-corrected chi connectivity index (χ1v) is 7.79. The number of urea groups is 1. The molecule has 1 aliphatic heterocycles. The van der Waals surface area contributed by atoms with Gasteiger partial charge in [-0.3, -0.25) is 9.78 Å². The summed E-state index contributed by atoms with van der Waals surface area (Å²) in [6.45, 7) is 1.39. The second kappa shape index (κ2) is 6.74. The maximum atomic E-state index is 12.5. The third kappa shape index (κ3) is 3.24. The molecule has 7 heteroatoms. The van der Waals surface area contributed by atoms with Crippen LogP contribution in [0.3, 0.4) is 0 Å². The molecule has 2 aromatic rings. The van der Waals surface area contributed by atoms with Crippen molar-refractivity contribution in [3.8, 4) is 0 Å². The van der Waals surface area contributed by atoms with Crippen LogP contribution in [0.2, 0.25) is 0 Å². The lowest BCUT2D eigenvalue weighted by Gasteiger charge is -2.31. The highest BCUT2D eigenvalue weighted by atomic mass is 16.3. The SMILES string of the molecule is CN(C)C(=O)N1CCc2c(cncc2C(=O)NCc2ccco2)C1. The number of carbonyl (C=O) groups is 2. The molecule has 3 heterocycles. The normalized spacial score (nSPS) is 13.3. The van der Waals surface area contributed by atoms with Crippen molar-refractivity contribution in [2.45, 2.75) is 19.5 Å². The molecule has 0 unspecified atom stereocenters. The molecule has 1 aliphatic rings. The van der Waals surface area contributed by atoms with E-state index in [1.54, 1.807) is 48.6 Å². The van der Waals surface area contributed by atoms with Gasteiger partial charge in [-0.05, 0) is 29.7 Å². The molecule has 0 saturated heterocycles. The third-order valence-corrected chi connectivity index (χ3v) is 4.04. The Hall–Kier alpha value is -2.83. The number of amides is 3. The molecule has 2 aromatic heterocycles. The molecule has 0 bridgehead atoms. The molecule has 3 rings (SSSR count). The lowest BCUT2D eigenvalue weighted by Crippen LogP contribution is -2.42. The molecule has 1 N–H and O–H groups in total. The van der Waals surface area contributed by atoms with Crippen LogP contribution in [0.5, 0.6) is 0 Å². The van der Waals surface area contributed by atoms with E-state index in [2.05, 4.69) is 10.3 Å². The average molecular weight is 328 g/mol.